The van der Waals surface area contributed by atoms with Gasteiger partial charge in [-0.3, -0.25) is 19.8 Å². The molecule has 51 heavy (non-hydrogen) atoms. The molecule has 0 saturated carbocycles. The van der Waals surface area contributed by atoms with Crippen molar-refractivity contribution < 1.29 is 50.6 Å². The van der Waals surface area contributed by atoms with Gasteiger partial charge in [0.15, 0.2) is 21.3 Å². The summed E-state index contributed by atoms with van der Waals surface area (Å²) in [5.74, 6) is 0.303. The Morgan fingerprint density at radius 2 is 1.76 bits per heavy atom. The van der Waals surface area contributed by atoms with Gasteiger partial charge in [0.25, 0.3) is 5.69 Å². The number of fused-ring (bicyclic) bond motifs is 1. The van der Waals surface area contributed by atoms with Crippen LogP contribution in [0.2, 0.25) is 0 Å². The van der Waals surface area contributed by atoms with Gasteiger partial charge in [-0.2, -0.15) is 13.2 Å². The van der Waals surface area contributed by atoms with Gasteiger partial charge in [-0.15, -0.1) is 0 Å². The van der Waals surface area contributed by atoms with Gasteiger partial charge in [-0.05, 0) is 49.6 Å². The minimum absolute atomic E-state index is 0.0169. The van der Waals surface area contributed by atoms with Gasteiger partial charge >= 0.3 is 12.1 Å². The van der Waals surface area contributed by atoms with Crippen LogP contribution in [0, 0.1) is 10.1 Å². The Balaban J connectivity index is 1.41. The Labute approximate surface area is 292 Å². The van der Waals surface area contributed by atoms with Crippen LogP contribution >= 0.6 is 0 Å². The number of carbonyl (C=O) groups excluding carboxylic acids is 1. The first-order chi connectivity index (χ1) is 24.0. The largest absolute Gasteiger partial charge is 0.493 e. The number of alkyl halides is 3. The second-order valence-corrected chi connectivity index (χ2v) is 14.4. The van der Waals surface area contributed by atoms with Crippen LogP contribution in [-0.2, 0) is 37.9 Å². The average molecular weight is 734 g/mol. The first-order valence-electron chi connectivity index (χ1n) is 16.1. The molecule has 2 heterocycles. The Kier molecular flexibility index (Phi) is 11.0. The Morgan fingerprint density at radius 1 is 1.08 bits per heavy atom. The molecule has 4 aromatic rings. The molecule has 1 aliphatic rings. The van der Waals surface area contributed by atoms with Crippen LogP contribution in [0.25, 0.3) is 10.9 Å². The number of para-hydroxylation sites is 1. The first kappa shape index (κ1) is 37.6. The lowest BCUT2D eigenvalue weighted by Crippen LogP contribution is -2.53. The number of esters is 1. The number of nitrogens with zero attached hydrogens (tertiary/aromatic N) is 3. The van der Waals surface area contributed by atoms with Crippen LogP contribution in [0.15, 0.2) is 71.8 Å². The summed E-state index contributed by atoms with van der Waals surface area (Å²) in [7, 11) is -2.03. The molecule has 0 amide bonds. The molecule has 0 spiro atoms. The fourth-order valence-corrected chi connectivity index (χ4v) is 6.89. The van der Waals surface area contributed by atoms with E-state index in [9.17, 15) is 41.6 Å². The molecule has 1 saturated heterocycles. The van der Waals surface area contributed by atoms with Gasteiger partial charge in [0.05, 0.1) is 35.5 Å². The quantitative estimate of drug-likeness (QED) is 0.107. The number of benzene rings is 3. The fourth-order valence-electron chi connectivity index (χ4n) is 6.26. The fraction of sp³-hybridized carbons (Fsp3) is 0.400. The number of halogens is 3. The number of ether oxygens (including phenoxy) is 3. The SMILES string of the molecule is CCOC(=O)Cc1cccc(OC)c1OC1CCN(CC(O)(c2cn(Cc3ccc(S(C)(=O)=O)cc3)c3cc([N+](=O)[O-])ccc23)C(F)(F)F)CC1. The molecule has 16 heteroatoms. The van der Waals surface area contributed by atoms with Crippen molar-refractivity contribution in [2.45, 2.75) is 55.5 Å². The minimum Gasteiger partial charge on any atom is -0.493 e. The molecule has 3 aromatic carbocycles. The number of nitro benzene ring substituents is 1. The number of likely N-dealkylation sites (tertiary alicyclic amines) is 1. The molecular formula is C35H38F3N3O9S. The van der Waals surface area contributed by atoms with Crippen LogP contribution in [0.1, 0.15) is 36.5 Å². The Morgan fingerprint density at radius 3 is 2.35 bits per heavy atom. The summed E-state index contributed by atoms with van der Waals surface area (Å²) in [5.41, 5.74) is -3.02. The van der Waals surface area contributed by atoms with Crippen LogP contribution in [-0.4, -0.2) is 85.8 Å². The highest BCUT2D eigenvalue weighted by Gasteiger charge is 2.57. The number of carbonyl (C=O) groups is 1. The lowest BCUT2D eigenvalue weighted by atomic mass is 9.91. The van der Waals surface area contributed by atoms with Gasteiger partial charge in [0, 0.05) is 67.3 Å². The Hall–Kier alpha value is -4.67. The van der Waals surface area contributed by atoms with Crippen molar-refractivity contribution in [2.24, 2.45) is 0 Å². The zero-order valence-corrected chi connectivity index (χ0v) is 29.0. The molecule has 1 aromatic heterocycles. The van der Waals surface area contributed by atoms with Gasteiger partial charge in [-0.25, -0.2) is 8.42 Å². The lowest BCUT2D eigenvalue weighted by molar-refractivity contribution is -0.384. The molecule has 0 bridgehead atoms. The van der Waals surface area contributed by atoms with Crippen LogP contribution < -0.4 is 9.47 Å². The smallest absolute Gasteiger partial charge is 0.422 e. The molecule has 1 fully saturated rings. The average Bonchev–Trinajstić information content (AvgIpc) is 3.43. The second-order valence-electron chi connectivity index (χ2n) is 12.4. The molecule has 0 aliphatic carbocycles. The second kappa shape index (κ2) is 14.9. The standard InChI is InChI=1S/C35H38F3N3O9S/c1-4-49-32(42)18-24-6-5-7-31(48-2)33(24)50-26-14-16-39(17-15-26)22-34(43,35(36,37)38)29-21-40(30-19-25(41(44)45)10-13-28(29)30)20-23-8-11-27(12-9-23)51(3,46)47/h5-13,19,21,26,43H,4,14-18,20,22H2,1-3H3. The van der Waals surface area contributed by atoms with E-state index in [0.717, 1.165) is 24.6 Å². The van der Waals surface area contributed by atoms with Crippen molar-refractivity contribution >= 4 is 32.4 Å². The highest BCUT2D eigenvalue weighted by atomic mass is 32.2. The maximum atomic E-state index is 15.0. The number of hydrogen-bond donors (Lipinski definition) is 1. The number of piperidine rings is 1. The molecule has 5 rings (SSSR count). The topological polar surface area (TPSA) is 150 Å². The summed E-state index contributed by atoms with van der Waals surface area (Å²) < 4.78 is 87.0. The predicted octanol–water partition coefficient (Wildman–Crippen LogP) is 5.41. The molecule has 12 nitrogen and oxygen atoms in total. The van der Waals surface area contributed by atoms with E-state index in [4.69, 9.17) is 14.2 Å². The highest BCUT2D eigenvalue weighted by molar-refractivity contribution is 7.90. The van der Waals surface area contributed by atoms with E-state index in [0.29, 0.717) is 35.5 Å². The number of β-amino-alcohol motifs (C(OH)–C–C–N with tert-alkyl or cyclic N) is 1. The van der Waals surface area contributed by atoms with E-state index >= 15 is 0 Å². The number of non-ortho nitro benzene ring substituents is 1. The number of methoxy groups -OCH3 is 1. The third kappa shape index (κ3) is 8.29. The molecule has 274 valence electrons. The highest BCUT2D eigenvalue weighted by Crippen LogP contribution is 2.44. The van der Waals surface area contributed by atoms with Gasteiger partial charge in [-0.1, -0.05) is 24.3 Å². The van der Waals surface area contributed by atoms with Crippen molar-refractivity contribution in [3.63, 3.8) is 0 Å². The zero-order chi connectivity index (χ0) is 37.1. The summed E-state index contributed by atoms with van der Waals surface area (Å²) in [6.07, 6.45) is -2.81. The maximum Gasteiger partial charge on any atom is 0.422 e. The number of hydrogen-bond acceptors (Lipinski definition) is 10. The van der Waals surface area contributed by atoms with Crippen LogP contribution in [0.5, 0.6) is 11.5 Å². The number of aromatic nitrogens is 1. The van der Waals surface area contributed by atoms with Gasteiger partial charge < -0.3 is 23.9 Å². The van der Waals surface area contributed by atoms with Crippen molar-refractivity contribution in [1.82, 2.24) is 9.47 Å². The Bertz CT molecular complexity index is 2010. The van der Waals surface area contributed by atoms with E-state index in [-0.39, 0.29) is 54.1 Å². The molecule has 1 aliphatic heterocycles. The predicted molar refractivity (Wildman–Crippen MR) is 181 cm³/mol. The molecule has 0 radical (unpaired) electrons. The van der Waals surface area contributed by atoms with Crippen LogP contribution in [0.3, 0.4) is 0 Å². The monoisotopic (exact) mass is 733 g/mol. The summed E-state index contributed by atoms with van der Waals surface area (Å²) in [6, 6.07) is 14.3. The first-order valence-corrected chi connectivity index (χ1v) is 18.0. The van der Waals surface area contributed by atoms with Crippen LogP contribution in [0.4, 0.5) is 18.9 Å². The number of rotatable bonds is 13. The summed E-state index contributed by atoms with van der Waals surface area (Å²) >= 11 is 0. The molecule has 1 atom stereocenters. The number of nitro groups is 1. The maximum absolute atomic E-state index is 15.0. The van der Waals surface area contributed by atoms with Crippen molar-refractivity contribution in [3.05, 3.63) is 93.7 Å². The molecule has 1 N–H and O–H groups in total. The minimum atomic E-state index is -5.14. The zero-order valence-electron chi connectivity index (χ0n) is 28.2. The summed E-state index contributed by atoms with van der Waals surface area (Å²) in [5, 5.41) is 23.2. The summed E-state index contributed by atoms with van der Waals surface area (Å²) in [4.78, 5) is 24.7. The van der Waals surface area contributed by atoms with Crippen molar-refractivity contribution in [1.29, 1.82) is 0 Å². The van der Waals surface area contributed by atoms with E-state index in [1.54, 1.807) is 25.1 Å². The summed E-state index contributed by atoms with van der Waals surface area (Å²) in [6.45, 7) is 1.32. The van der Waals surface area contributed by atoms with Gasteiger partial charge in [0.2, 0.25) is 5.60 Å². The van der Waals surface area contributed by atoms with Crippen molar-refractivity contribution in [3.8, 4) is 11.5 Å². The molecule has 1 unspecified atom stereocenters. The normalized spacial score (nSPS) is 15.7. The van der Waals surface area contributed by atoms with E-state index < -0.39 is 50.7 Å². The third-order valence-corrected chi connectivity index (χ3v) is 10.0. The number of sulfone groups is 1. The number of aliphatic hydroxyl groups is 1. The van der Waals surface area contributed by atoms with E-state index in [1.807, 2.05) is 0 Å². The van der Waals surface area contributed by atoms with E-state index in [1.165, 1.54) is 46.9 Å². The lowest BCUT2D eigenvalue weighted by Gasteiger charge is -2.39. The van der Waals surface area contributed by atoms with Gasteiger partial charge in [0.1, 0.15) is 6.10 Å². The third-order valence-electron chi connectivity index (χ3n) is 8.89. The van der Waals surface area contributed by atoms with E-state index in [2.05, 4.69) is 0 Å². The molecular weight excluding hydrogens is 695 g/mol. The van der Waals surface area contributed by atoms with Crippen molar-refractivity contribution in [2.75, 3.05) is 39.6 Å².